The minimum Gasteiger partial charge on any atom is -0.497 e. The number of hydrogen-bond acceptors (Lipinski definition) is 8. The predicted molar refractivity (Wildman–Crippen MR) is 175 cm³/mol. The van der Waals surface area contributed by atoms with E-state index in [1.54, 1.807) is 74.4 Å². The highest BCUT2D eigenvalue weighted by atomic mass is 32.2. The van der Waals surface area contributed by atoms with Crippen LogP contribution < -0.4 is 25.0 Å². The number of thioether (sulfide) groups is 1. The minimum absolute atomic E-state index is 0.183. The Hall–Kier alpha value is -4.62. The van der Waals surface area contributed by atoms with Crippen molar-refractivity contribution in [3.63, 3.8) is 0 Å². The number of aliphatic hydroxyl groups excluding tert-OH is 1. The lowest BCUT2D eigenvalue weighted by atomic mass is 9.87. The molecule has 3 amide bonds. The first-order valence-electron chi connectivity index (χ1n) is 15.4. The summed E-state index contributed by atoms with van der Waals surface area (Å²) < 4.78 is 31.9. The van der Waals surface area contributed by atoms with Gasteiger partial charge in [0.25, 0.3) is 5.91 Å². The normalized spacial score (nSPS) is 17.5. The summed E-state index contributed by atoms with van der Waals surface area (Å²) >= 11 is 1.32. The number of carbonyl (C=O) groups excluding carboxylic acids is 3. The number of carboxylic acids is 1. The van der Waals surface area contributed by atoms with Gasteiger partial charge in [-0.3, -0.25) is 14.4 Å². The molecule has 1 heterocycles. The van der Waals surface area contributed by atoms with Crippen molar-refractivity contribution < 1.29 is 44.6 Å². The quantitative estimate of drug-likeness (QED) is 0.188. The molecule has 0 spiro atoms. The molecule has 1 aliphatic heterocycles. The molecule has 1 aliphatic rings. The van der Waals surface area contributed by atoms with E-state index in [0.717, 1.165) is 5.56 Å². The van der Waals surface area contributed by atoms with Gasteiger partial charge < -0.3 is 35.2 Å². The predicted octanol–water partition coefficient (Wildman–Crippen LogP) is 3.87. The summed E-state index contributed by atoms with van der Waals surface area (Å²) in [5, 5.41) is 24.4. The monoisotopic (exact) mass is 668 g/mol. The molecule has 1 fully saturated rings. The Labute approximate surface area is 277 Å². The van der Waals surface area contributed by atoms with Gasteiger partial charge in [-0.25, -0.2) is 9.18 Å². The highest BCUT2D eigenvalue weighted by Gasteiger charge is 2.49. The maximum atomic E-state index is 13.6. The molecule has 3 aromatic rings. The van der Waals surface area contributed by atoms with E-state index >= 15 is 0 Å². The summed E-state index contributed by atoms with van der Waals surface area (Å²) in [5.41, 5.74) is 0.956. The number of benzene rings is 3. The van der Waals surface area contributed by atoms with Crippen LogP contribution in [0.15, 0.2) is 72.8 Å². The molecule has 11 nitrogen and oxygen atoms in total. The summed E-state index contributed by atoms with van der Waals surface area (Å²) in [4.78, 5) is 51.0. The van der Waals surface area contributed by atoms with Crippen LogP contribution >= 0.6 is 11.8 Å². The summed E-state index contributed by atoms with van der Waals surface area (Å²) in [6.07, 6.45) is -0.823. The topological polar surface area (TPSA) is 154 Å². The van der Waals surface area contributed by atoms with E-state index in [1.165, 1.54) is 36.0 Å². The molecule has 0 aliphatic carbocycles. The van der Waals surface area contributed by atoms with E-state index in [4.69, 9.17) is 10.8 Å². The number of nitrogens with one attached hydrogen (secondary N) is 2. The van der Waals surface area contributed by atoms with Crippen LogP contribution in [-0.4, -0.2) is 71.2 Å². The largest absolute Gasteiger partial charge is 0.497 e. The van der Waals surface area contributed by atoms with E-state index < -0.39 is 65.6 Å². The van der Waals surface area contributed by atoms with Crippen molar-refractivity contribution in [2.24, 2.45) is 5.41 Å². The van der Waals surface area contributed by atoms with E-state index in [9.17, 15) is 33.8 Å². The molecule has 13 heteroatoms. The molecule has 0 aromatic heterocycles. The molecule has 250 valence electrons. The second-order valence-electron chi connectivity index (χ2n) is 11.6. The second-order valence-corrected chi connectivity index (χ2v) is 12.8. The van der Waals surface area contributed by atoms with Crippen LogP contribution in [0.25, 0.3) is 0 Å². The van der Waals surface area contributed by atoms with Crippen LogP contribution in [0.2, 0.25) is 0 Å². The molecular weight excluding hydrogens is 629 g/mol. The van der Waals surface area contributed by atoms with Gasteiger partial charge in [0.1, 0.15) is 28.6 Å². The van der Waals surface area contributed by atoms with Crippen LogP contribution in [0.5, 0.6) is 11.5 Å². The summed E-state index contributed by atoms with van der Waals surface area (Å²) in [5.74, 6) is -1.95. The van der Waals surface area contributed by atoms with E-state index in [1.807, 2.05) is 0 Å². The molecule has 47 heavy (non-hydrogen) atoms. The zero-order chi connectivity index (χ0) is 35.0. The minimum atomic E-state index is -1.30. The number of β-lactam (4-membered cyclic amide) rings is 1. The average molecular weight is 669 g/mol. The third-order valence-corrected chi connectivity index (χ3v) is 8.78. The lowest BCUT2D eigenvalue weighted by molar-refractivity contribution is -0.144. The van der Waals surface area contributed by atoms with Crippen LogP contribution in [0, 0.1) is 11.2 Å². The third-order valence-electron chi connectivity index (χ3n) is 7.46. The van der Waals surface area contributed by atoms with Gasteiger partial charge in [0.2, 0.25) is 11.8 Å². The molecular formula is C34H38FN3O8S. The van der Waals surface area contributed by atoms with Gasteiger partial charge in [-0.2, -0.15) is 0 Å². The van der Waals surface area contributed by atoms with Crippen molar-refractivity contribution in [3.8, 4) is 11.5 Å². The van der Waals surface area contributed by atoms with Crippen LogP contribution in [-0.2, 0) is 19.2 Å². The highest BCUT2D eigenvalue weighted by molar-refractivity contribution is 8.00. The maximum absolute atomic E-state index is 13.6. The van der Waals surface area contributed by atoms with Crippen molar-refractivity contribution in [2.45, 2.75) is 44.2 Å². The van der Waals surface area contributed by atoms with E-state index in [0.29, 0.717) is 22.7 Å². The van der Waals surface area contributed by atoms with Crippen molar-refractivity contribution in [2.75, 3.05) is 30.9 Å². The molecule has 0 saturated carbocycles. The number of carbonyl (C=O) groups is 4. The fourth-order valence-electron chi connectivity index (χ4n) is 4.90. The Morgan fingerprint density at radius 1 is 1.02 bits per heavy atom. The first-order chi connectivity index (χ1) is 22.8. The molecule has 1 unspecified atom stereocenters. The zero-order valence-electron chi connectivity index (χ0n) is 27.1. The van der Waals surface area contributed by atoms with Crippen molar-refractivity contribution in [3.05, 3.63) is 89.7 Å². The number of aliphatic hydroxyl groups is 1. The number of ether oxygens (including phenoxy) is 2. The highest BCUT2D eigenvalue weighted by Crippen LogP contribution is 2.46. The number of methoxy groups -OCH3 is 1. The molecule has 3 aromatic carbocycles. The standard InChI is InChI=1S/C34H38FN3O8S/c1-34(2,3)31(33(43)44)37-27(40)17-36-28(41)18-46-25-15-7-21(8-16-25)29-30(32(42)38(29)23-11-9-22(35)10-12-23)47-19-26(39)20-5-13-24(45-4)14-6-20/h5-16,26,29-31,39H,17-19H2,1-4H3,(H,36,41)(H,37,40)(H,43,44)/t26?,29-,30-,31-/m1/s1/i1D. The van der Waals surface area contributed by atoms with Crippen LogP contribution in [0.3, 0.4) is 0 Å². The lowest BCUT2D eigenvalue weighted by Crippen LogP contribution is -2.57. The van der Waals surface area contributed by atoms with Gasteiger partial charge >= 0.3 is 5.97 Å². The number of aliphatic carboxylic acids is 1. The first-order valence-corrected chi connectivity index (χ1v) is 15.7. The van der Waals surface area contributed by atoms with Crippen molar-refractivity contribution in [1.82, 2.24) is 10.6 Å². The number of carboxylic acid groups (broad SMARTS) is 1. The number of nitrogens with zero attached hydrogens (tertiary/aromatic N) is 1. The fourth-order valence-corrected chi connectivity index (χ4v) is 6.20. The Balaban J connectivity index is 1.37. The van der Waals surface area contributed by atoms with E-state index in [-0.39, 0.29) is 18.6 Å². The summed E-state index contributed by atoms with van der Waals surface area (Å²) in [6.45, 7) is 1.98. The number of halogens is 1. The summed E-state index contributed by atoms with van der Waals surface area (Å²) in [7, 11) is 1.56. The van der Waals surface area contributed by atoms with Crippen LogP contribution in [0.1, 0.15) is 45.4 Å². The third kappa shape index (κ3) is 9.01. The Bertz CT molecular complexity index is 1590. The molecule has 0 bridgehead atoms. The fraction of sp³-hybridized carbons (Fsp3) is 0.353. The number of rotatable bonds is 14. The van der Waals surface area contributed by atoms with Gasteiger partial charge in [-0.15, -0.1) is 11.8 Å². The SMILES string of the molecule is [2H]CC(C)(C)[C@H](NC(=O)CNC(=O)COc1ccc([C@@H]2[C@@H](SCC(O)c3ccc(OC)cc3)C(=O)N2c2ccc(F)cc2)cc1)C(=O)O. The Kier molecular flexibility index (Phi) is 11.0. The van der Waals surface area contributed by atoms with Gasteiger partial charge in [-0.1, -0.05) is 45.0 Å². The second kappa shape index (κ2) is 15.3. The molecule has 4 rings (SSSR count). The lowest BCUT2D eigenvalue weighted by Gasteiger charge is -2.47. The molecule has 0 radical (unpaired) electrons. The van der Waals surface area contributed by atoms with E-state index in [2.05, 4.69) is 10.6 Å². The van der Waals surface area contributed by atoms with Crippen molar-refractivity contribution >= 4 is 41.1 Å². The van der Waals surface area contributed by atoms with Crippen molar-refractivity contribution in [1.29, 1.82) is 0 Å². The smallest absolute Gasteiger partial charge is 0.326 e. The maximum Gasteiger partial charge on any atom is 0.326 e. The number of hydrogen-bond donors (Lipinski definition) is 4. The van der Waals surface area contributed by atoms with Gasteiger partial charge in [0.05, 0.1) is 25.8 Å². The Morgan fingerprint density at radius 2 is 1.66 bits per heavy atom. The Morgan fingerprint density at radius 3 is 2.26 bits per heavy atom. The molecule has 1 saturated heterocycles. The van der Waals surface area contributed by atoms with Gasteiger partial charge in [0, 0.05) is 12.8 Å². The molecule has 4 N–H and O–H groups in total. The van der Waals surface area contributed by atoms with Gasteiger partial charge in [-0.05, 0) is 65.1 Å². The average Bonchev–Trinajstić information content (AvgIpc) is 3.08. The van der Waals surface area contributed by atoms with Gasteiger partial charge in [0.15, 0.2) is 6.61 Å². The zero-order valence-corrected chi connectivity index (χ0v) is 27.0. The first kappa shape index (κ1) is 33.7. The summed E-state index contributed by atoms with van der Waals surface area (Å²) in [6, 6.07) is 17.7. The van der Waals surface area contributed by atoms with Crippen LogP contribution in [0.4, 0.5) is 10.1 Å². The molecule has 4 atom stereocenters. The number of amides is 3. The number of anilines is 1.